The van der Waals surface area contributed by atoms with Crippen molar-refractivity contribution in [3.63, 3.8) is 0 Å². The molecule has 3 heteroatoms. The van der Waals surface area contributed by atoms with E-state index >= 15 is 0 Å². The summed E-state index contributed by atoms with van der Waals surface area (Å²) in [6, 6.07) is 8.59. The minimum absolute atomic E-state index is 0.0758. The summed E-state index contributed by atoms with van der Waals surface area (Å²) >= 11 is 0. The molecule has 1 heterocycles. The van der Waals surface area contributed by atoms with Crippen LogP contribution >= 0.6 is 0 Å². The Labute approximate surface area is 114 Å². The van der Waals surface area contributed by atoms with E-state index in [2.05, 4.69) is 36.2 Å². The Kier molecular flexibility index (Phi) is 3.09. The van der Waals surface area contributed by atoms with Crippen LogP contribution in [-0.2, 0) is 14.9 Å². The Morgan fingerprint density at radius 1 is 1.42 bits per heavy atom. The van der Waals surface area contributed by atoms with Crippen molar-refractivity contribution in [2.75, 3.05) is 27.2 Å². The summed E-state index contributed by atoms with van der Waals surface area (Å²) in [6.45, 7) is 2.28. The van der Waals surface area contributed by atoms with Crippen LogP contribution in [0.3, 0.4) is 0 Å². The van der Waals surface area contributed by atoms with Crippen LogP contribution in [0.1, 0.15) is 36.3 Å². The van der Waals surface area contributed by atoms with Crippen LogP contribution in [0.2, 0.25) is 0 Å². The summed E-state index contributed by atoms with van der Waals surface area (Å²) in [6.07, 6.45) is 3.06. The molecule has 102 valence electrons. The minimum atomic E-state index is -0.338. The third-order valence-corrected chi connectivity index (χ3v) is 4.63. The zero-order valence-corrected chi connectivity index (χ0v) is 11.7. The minimum Gasteiger partial charge on any atom is -0.468 e. The summed E-state index contributed by atoms with van der Waals surface area (Å²) in [7, 11) is 3.65. The number of likely N-dealkylation sites (N-methyl/N-ethyl adjacent to an activating group) is 1. The SMILES string of the molecule is COC(=O)C1(c2cccc(C3CCN(C)C3)c2)CC1. The lowest BCUT2D eigenvalue weighted by Gasteiger charge is -2.16. The summed E-state index contributed by atoms with van der Waals surface area (Å²) in [5.74, 6) is 0.534. The number of methoxy groups -OCH3 is 1. The number of nitrogens with zero attached hydrogens (tertiary/aromatic N) is 1. The Bertz CT molecular complexity index is 493. The van der Waals surface area contributed by atoms with Crippen molar-refractivity contribution in [2.45, 2.75) is 30.6 Å². The molecule has 1 aromatic carbocycles. The highest BCUT2D eigenvalue weighted by molar-refractivity contribution is 5.86. The van der Waals surface area contributed by atoms with Gasteiger partial charge in [0.25, 0.3) is 0 Å². The van der Waals surface area contributed by atoms with Crippen molar-refractivity contribution in [2.24, 2.45) is 0 Å². The molecule has 1 saturated carbocycles. The summed E-state index contributed by atoms with van der Waals surface area (Å²) in [4.78, 5) is 14.3. The molecule has 1 aliphatic carbocycles. The van der Waals surface area contributed by atoms with Crippen LogP contribution < -0.4 is 0 Å². The Balaban J connectivity index is 1.86. The van der Waals surface area contributed by atoms with Crippen molar-refractivity contribution in [1.29, 1.82) is 0 Å². The molecule has 1 atom stereocenters. The Morgan fingerprint density at radius 3 is 2.79 bits per heavy atom. The first-order valence-electron chi connectivity index (χ1n) is 7.03. The van der Waals surface area contributed by atoms with Gasteiger partial charge in [-0.25, -0.2) is 0 Å². The van der Waals surface area contributed by atoms with Crippen molar-refractivity contribution in [3.8, 4) is 0 Å². The number of likely N-dealkylation sites (tertiary alicyclic amines) is 1. The van der Waals surface area contributed by atoms with E-state index in [4.69, 9.17) is 4.74 Å². The van der Waals surface area contributed by atoms with Gasteiger partial charge in [0.05, 0.1) is 12.5 Å². The molecule has 2 fully saturated rings. The van der Waals surface area contributed by atoms with Gasteiger partial charge in [0.2, 0.25) is 0 Å². The van der Waals surface area contributed by atoms with E-state index in [1.807, 2.05) is 0 Å². The lowest BCUT2D eigenvalue weighted by atomic mass is 9.90. The third-order valence-electron chi connectivity index (χ3n) is 4.63. The summed E-state index contributed by atoms with van der Waals surface area (Å²) in [5.41, 5.74) is 2.18. The first-order valence-corrected chi connectivity index (χ1v) is 7.03. The number of esters is 1. The second kappa shape index (κ2) is 4.64. The van der Waals surface area contributed by atoms with Gasteiger partial charge in [-0.1, -0.05) is 24.3 Å². The first-order chi connectivity index (χ1) is 9.15. The van der Waals surface area contributed by atoms with E-state index in [1.54, 1.807) is 0 Å². The van der Waals surface area contributed by atoms with Crippen LogP contribution in [0.25, 0.3) is 0 Å². The van der Waals surface area contributed by atoms with Gasteiger partial charge in [-0.15, -0.1) is 0 Å². The van der Waals surface area contributed by atoms with E-state index in [1.165, 1.54) is 19.1 Å². The molecule has 0 radical (unpaired) electrons. The molecular formula is C16H21NO2. The fourth-order valence-electron chi connectivity index (χ4n) is 3.23. The highest BCUT2D eigenvalue weighted by Gasteiger charge is 2.52. The van der Waals surface area contributed by atoms with Crippen LogP contribution in [-0.4, -0.2) is 38.1 Å². The molecule has 0 N–H and O–H groups in total. The average Bonchev–Trinajstić information content (AvgIpc) is 3.15. The van der Waals surface area contributed by atoms with Crippen LogP contribution in [0, 0.1) is 0 Å². The predicted octanol–water partition coefficient (Wildman–Crippen LogP) is 2.31. The highest BCUT2D eigenvalue weighted by Crippen LogP contribution is 2.49. The van der Waals surface area contributed by atoms with Gasteiger partial charge in [0.1, 0.15) is 0 Å². The fraction of sp³-hybridized carbons (Fsp3) is 0.562. The number of ether oxygens (including phenoxy) is 1. The molecular weight excluding hydrogens is 238 g/mol. The van der Waals surface area contributed by atoms with Crippen LogP contribution in [0.5, 0.6) is 0 Å². The van der Waals surface area contributed by atoms with Crippen LogP contribution in [0.4, 0.5) is 0 Å². The number of carbonyl (C=O) groups excluding carboxylic acids is 1. The molecule has 0 spiro atoms. The molecule has 0 amide bonds. The number of hydrogen-bond acceptors (Lipinski definition) is 3. The van der Waals surface area contributed by atoms with E-state index in [9.17, 15) is 4.79 Å². The lowest BCUT2D eigenvalue weighted by molar-refractivity contribution is -0.143. The van der Waals surface area contributed by atoms with E-state index in [-0.39, 0.29) is 11.4 Å². The van der Waals surface area contributed by atoms with Crippen molar-refractivity contribution < 1.29 is 9.53 Å². The predicted molar refractivity (Wildman–Crippen MR) is 74.2 cm³/mol. The molecule has 0 bridgehead atoms. The third kappa shape index (κ3) is 2.16. The van der Waals surface area contributed by atoms with E-state index in [0.717, 1.165) is 31.5 Å². The van der Waals surface area contributed by atoms with Crippen molar-refractivity contribution >= 4 is 5.97 Å². The largest absolute Gasteiger partial charge is 0.468 e. The van der Waals surface area contributed by atoms with Gasteiger partial charge in [-0.2, -0.15) is 0 Å². The molecule has 3 nitrogen and oxygen atoms in total. The standard InChI is InChI=1S/C16H21NO2/c1-17-9-6-13(11-17)12-4-3-5-14(10-12)16(7-8-16)15(18)19-2/h3-5,10,13H,6-9,11H2,1-2H3. The maximum atomic E-state index is 12.0. The van der Waals surface area contributed by atoms with E-state index in [0.29, 0.717) is 5.92 Å². The molecule has 19 heavy (non-hydrogen) atoms. The van der Waals surface area contributed by atoms with Gasteiger partial charge in [-0.3, -0.25) is 4.79 Å². The maximum Gasteiger partial charge on any atom is 0.316 e. The number of carbonyl (C=O) groups is 1. The monoisotopic (exact) mass is 259 g/mol. The zero-order valence-electron chi connectivity index (χ0n) is 11.7. The average molecular weight is 259 g/mol. The molecule has 1 unspecified atom stereocenters. The van der Waals surface area contributed by atoms with Gasteiger partial charge >= 0.3 is 5.97 Å². The quantitative estimate of drug-likeness (QED) is 0.780. The number of hydrogen-bond donors (Lipinski definition) is 0. The molecule has 1 saturated heterocycles. The van der Waals surface area contributed by atoms with Gasteiger partial charge < -0.3 is 9.64 Å². The normalized spacial score (nSPS) is 25.3. The topological polar surface area (TPSA) is 29.5 Å². The van der Waals surface area contributed by atoms with Gasteiger partial charge in [0, 0.05) is 6.54 Å². The molecule has 1 aromatic rings. The lowest BCUT2D eigenvalue weighted by Crippen LogP contribution is -2.22. The summed E-state index contributed by atoms with van der Waals surface area (Å²) in [5, 5.41) is 0. The summed E-state index contributed by atoms with van der Waals surface area (Å²) < 4.78 is 4.97. The molecule has 0 aromatic heterocycles. The van der Waals surface area contributed by atoms with Gasteiger partial charge in [-0.05, 0) is 49.9 Å². The second-order valence-electron chi connectivity index (χ2n) is 5.95. The van der Waals surface area contributed by atoms with Crippen LogP contribution in [0.15, 0.2) is 24.3 Å². The zero-order chi connectivity index (χ0) is 13.5. The van der Waals surface area contributed by atoms with Crippen molar-refractivity contribution in [1.82, 2.24) is 4.90 Å². The highest BCUT2D eigenvalue weighted by atomic mass is 16.5. The van der Waals surface area contributed by atoms with E-state index < -0.39 is 0 Å². The van der Waals surface area contributed by atoms with Crippen molar-refractivity contribution in [3.05, 3.63) is 35.4 Å². The fourth-order valence-corrected chi connectivity index (χ4v) is 3.23. The van der Waals surface area contributed by atoms with Gasteiger partial charge in [0.15, 0.2) is 0 Å². The molecule has 3 rings (SSSR count). The molecule has 2 aliphatic rings. The first kappa shape index (κ1) is 12.7. The smallest absolute Gasteiger partial charge is 0.316 e. The Hall–Kier alpha value is -1.35. The Morgan fingerprint density at radius 2 is 2.21 bits per heavy atom. The number of rotatable bonds is 3. The molecule has 1 aliphatic heterocycles. The second-order valence-corrected chi connectivity index (χ2v) is 5.95. The maximum absolute atomic E-state index is 12.0. The number of benzene rings is 1.